The predicted octanol–water partition coefficient (Wildman–Crippen LogP) is 1.72. The van der Waals surface area contributed by atoms with Gasteiger partial charge in [-0.25, -0.2) is 0 Å². The molecule has 0 saturated heterocycles. The van der Waals surface area contributed by atoms with Gasteiger partial charge in [0.05, 0.1) is 6.61 Å². The van der Waals surface area contributed by atoms with Gasteiger partial charge >= 0.3 is 5.97 Å². The Morgan fingerprint density at radius 3 is 2.73 bits per heavy atom. The van der Waals surface area contributed by atoms with Crippen LogP contribution in [0.2, 0.25) is 0 Å². The first-order valence-corrected chi connectivity index (χ1v) is 5.61. The van der Waals surface area contributed by atoms with Crippen molar-refractivity contribution in [3.8, 4) is 12.3 Å². The highest BCUT2D eigenvalue weighted by atomic mass is 16.5. The number of hydrogen-bond donors (Lipinski definition) is 1. The van der Waals surface area contributed by atoms with Crippen LogP contribution in [0.3, 0.4) is 0 Å². The van der Waals surface area contributed by atoms with Crippen LogP contribution >= 0.6 is 0 Å². The van der Waals surface area contributed by atoms with E-state index in [1.54, 1.807) is 0 Å². The molecular formula is C12H21NO2. The normalized spacial score (nSPS) is 9.60. The summed E-state index contributed by atoms with van der Waals surface area (Å²) in [5.74, 6) is 2.50. The van der Waals surface area contributed by atoms with E-state index in [0.29, 0.717) is 13.0 Å². The lowest BCUT2D eigenvalue weighted by Gasteiger charge is -2.03. The number of rotatable bonds is 9. The van der Waals surface area contributed by atoms with Crippen LogP contribution in [-0.4, -0.2) is 25.7 Å². The van der Waals surface area contributed by atoms with E-state index in [1.807, 2.05) is 6.92 Å². The zero-order chi connectivity index (χ0) is 11.4. The molecule has 0 fully saturated rings. The maximum atomic E-state index is 10.9. The average Bonchev–Trinajstić information content (AvgIpc) is 2.22. The molecule has 0 aliphatic rings. The fraction of sp³-hybridized carbons (Fsp3) is 0.750. The van der Waals surface area contributed by atoms with Crippen molar-refractivity contribution in [3.05, 3.63) is 0 Å². The first kappa shape index (κ1) is 14.0. The fourth-order valence-electron chi connectivity index (χ4n) is 1.19. The molecule has 15 heavy (non-hydrogen) atoms. The maximum Gasteiger partial charge on any atom is 0.305 e. The zero-order valence-corrected chi connectivity index (χ0v) is 9.55. The highest BCUT2D eigenvalue weighted by Crippen LogP contribution is 1.93. The highest BCUT2D eigenvalue weighted by molar-refractivity contribution is 5.69. The Bertz CT molecular complexity index is 196. The number of carbonyl (C=O) groups is 1. The molecule has 86 valence electrons. The predicted molar refractivity (Wildman–Crippen MR) is 61.4 cm³/mol. The summed E-state index contributed by atoms with van der Waals surface area (Å²) in [4.78, 5) is 10.9. The Morgan fingerprint density at radius 1 is 1.33 bits per heavy atom. The number of hydrogen-bond acceptors (Lipinski definition) is 3. The summed E-state index contributed by atoms with van der Waals surface area (Å²) >= 11 is 0. The summed E-state index contributed by atoms with van der Waals surface area (Å²) in [6.45, 7) is 4.14. The average molecular weight is 211 g/mol. The van der Waals surface area contributed by atoms with E-state index in [9.17, 15) is 4.79 Å². The number of carbonyl (C=O) groups excluding carboxylic acids is 1. The quantitative estimate of drug-likeness (QED) is 0.358. The fourth-order valence-corrected chi connectivity index (χ4v) is 1.19. The molecule has 0 amide bonds. The van der Waals surface area contributed by atoms with Crippen molar-refractivity contribution < 1.29 is 9.53 Å². The van der Waals surface area contributed by atoms with Crippen molar-refractivity contribution in [3.63, 3.8) is 0 Å². The SMILES string of the molecule is C#CCCCCNCCCC(=O)OCC. The van der Waals surface area contributed by atoms with Gasteiger partial charge in [-0.3, -0.25) is 4.79 Å². The smallest absolute Gasteiger partial charge is 0.305 e. The van der Waals surface area contributed by atoms with E-state index in [1.165, 1.54) is 0 Å². The van der Waals surface area contributed by atoms with Crippen LogP contribution in [0.25, 0.3) is 0 Å². The van der Waals surface area contributed by atoms with Crippen LogP contribution in [0.1, 0.15) is 39.0 Å². The van der Waals surface area contributed by atoms with Crippen LogP contribution in [-0.2, 0) is 9.53 Å². The molecule has 0 aromatic carbocycles. The van der Waals surface area contributed by atoms with Crippen LogP contribution in [0.5, 0.6) is 0 Å². The molecular weight excluding hydrogens is 190 g/mol. The van der Waals surface area contributed by atoms with E-state index >= 15 is 0 Å². The molecule has 0 radical (unpaired) electrons. The Morgan fingerprint density at radius 2 is 2.07 bits per heavy atom. The van der Waals surface area contributed by atoms with E-state index in [0.717, 1.165) is 38.8 Å². The van der Waals surface area contributed by atoms with Crippen molar-refractivity contribution in [2.75, 3.05) is 19.7 Å². The molecule has 0 saturated carbocycles. The summed E-state index contributed by atoms with van der Waals surface area (Å²) in [6.07, 6.45) is 9.50. The molecule has 0 heterocycles. The van der Waals surface area contributed by atoms with Gasteiger partial charge in [-0.1, -0.05) is 0 Å². The third-order valence-corrected chi connectivity index (χ3v) is 1.96. The maximum absolute atomic E-state index is 10.9. The lowest BCUT2D eigenvalue weighted by molar-refractivity contribution is -0.143. The summed E-state index contributed by atoms with van der Waals surface area (Å²) in [5, 5.41) is 3.27. The molecule has 0 aromatic rings. The number of esters is 1. The molecule has 0 unspecified atom stereocenters. The minimum absolute atomic E-state index is 0.105. The molecule has 0 atom stereocenters. The number of nitrogens with one attached hydrogen (secondary N) is 1. The lowest BCUT2D eigenvalue weighted by atomic mass is 10.2. The van der Waals surface area contributed by atoms with Crippen LogP contribution in [0.4, 0.5) is 0 Å². The van der Waals surface area contributed by atoms with E-state index in [-0.39, 0.29) is 5.97 Å². The second-order valence-electron chi connectivity index (χ2n) is 3.32. The minimum Gasteiger partial charge on any atom is -0.466 e. The summed E-state index contributed by atoms with van der Waals surface area (Å²) in [6, 6.07) is 0. The topological polar surface area (TPSA) is 38.3 Å². The number of ether oxygens (including phenoxy) is 1. The van der Waals surface area contributed by atoms with Gasteiger partial charge in [0.1, 0.15) is 0 Å². The van der Waals surface area contributed by atoms with Gasteiger partial charge in [0.2, 0.25) is 0 Å². The third-order valence-electron chi connectivity index (χ3n) is 1.96. The second kappa shape index (κ2) is 11.1. The van der Waals surface area contributed by atoms with Crippen molar-refractivity contribution in [2.45, 2.75) is 39.0 Å². The van der Waals surface area contributed by atoms with Gasteiger partial charge < -0.3 is 10.1 Å². The van der Waals surface area contributed by atoms with Gasteiger partial charge in [0, 0.05) is 12.8 Å². The van der Waals surface area contributed by atoms with Gasteiger partial charge in [-0.2, -0.15) is 0 Å². The zero-order valence-electron chi connectivity index (χ0n) is 9.55. The van der Waals surface area contributed by atoms with Crippen molar-refractivity contribution in [2.24, 2.45) is 0 Å². The number of unbranched alkanes of at least 4 members (excludes halogenated alkanes) is 2. The Kier molecular flexibility index (Phi) is 10.3. The summed E-state index contributed by atoms with van der Waals surface area (Å²) < 4.78 is 4.81. The molecule has 0 bridgehead atoms. The summed E-state index contributed by atoms with van der Waals surface area (Å²) in [7, 11) is 0. The standard InChI is InChI=1S/C12H21NO2/c1-3-5-6-7-10-13-11-8-9-12(14)15-4-2/h1,13H,4-11H2,2H3. The van der Waals surface area contributed by atoms with Crippen LogP contribution in [0.15, 0.2) is 0 Å². The van der Waals surface area contributed by atoms with Crippen molar-refractivity contribution in [1.29, 1.82) is 0 Å². The Hall–Kier alpha value is -1.01. The number of terminal acetylenes is 1. The second-order valence-corrected chi connectivity index (χ2v) is 3.32. The molecule has 0 spiro atoms. The van der Waals surface area contributed by atoms with Gasteiger partial charge in [-0.15, -0.1) is 12.3 Å². The molecule has 1 N–H and O–H groups in total. The van der Waals surface area contributed by atoms with Gasteiger partial charge in [0.25, 0.3) is 0 Å². The van der Waals surface area contributed by atoms with Gasteiger partial charge in [-0.05, 0) is 39.3 Å². The van der Waals surface area contributed by atoms with E-state index in [4.69, 9.17) is 11.2 Å². The van der Waals surface area contributed by atoms with Crippen LogP contribution in [0, 0.1) is 12.3 Å². The molecule has 0 aliphatic heterocycles. The molecule has 0 aromatic heterocycles. The summed E-state index contributed by atoms with van der Waals surface area (Å²) in [5.41, 5.74) is 0. The first-order chi connectivity index (χ1) is 7.31. The third kappa shape index (κ3) is 10.9. The van der Waals surface area contributed by atoms with Crippen molar-refractivity contribution in [1.82, 2.24) is 5.32 Å². The lowest BCUT2D eigenvalue weighted by Crippen LogP contribution is -2.18. The first-order valence-electron chi connectivity index (χ1n) is 5.61. The molecule has 0 rings (SSSR count). The molecule has 3 nitrogen and oxygen atoms in total. The highest BCUT2D eigenvalue weighted by Gasteiger charge is 1.99. The monoisotopic (exact) mass is 211 g/mol. The van der Waals surface area contributed by atoms with E-state index < -0.39 is 0 Å². The Balaban J connectivity index is 3.05. The largest absolute Gasteiger partial charge is 0.466 e. The molecule has 3 heteroatoms. The Labute approximate surface area is 92.6 Å². The van der Waals surface area contributed by atoms with Crippen molar-refractivity contribution >= 4 is 5.97 Å². The van der Waals surface area contributed by atoms with Crippen LogP contribution < -0.4 is 5.32 Å². The van der Waals surface area contributed by atoms with Gasteiger partial charge in [0.15, 0.2) is 0 Å². The van der Waals surface area contributed by atoms with E-state index in [2.05, 4.69) is 11.2 Å². The minimum atomic E-state index is -0.105. The molecule has 0 aliphatic carbocycles.